The second-order valence-electron chi connectivity index (χ2n) is 6.38. The van der Waals surface area contributed by atoms with Gasteiger partial charge >= 0.3 is 0 Å². The van der Waals surface area contributed by atoms with Crippen LogP contribution in [0.15, 0.2) is 12.3 Å². The monoisotopic (exact) mass is 318 g/mol. The smallest absolute Gasteiger partial charge is 0.237 e. The van der Waals surface area contributed by atoms with Gasteiger partial charge < -0.3 is 19.9 Å². The highest BCUT2D eigenvalue weighted by atomic mass is 16.5. The topological polar surface area (TPSA) is 74.8 Å². The van der Waals surface area contributed by atoms with Crippen molar-refractivity contribution in [1.82, 2.24) is 14.8 Å². The van der Waals surface area contributed by atoms with E-state index in [0.717, 1.165) is 18.7 Å². The van der Waals surface area contributed by atoms with Crippen molar-refractivity contribution in [2.45, 2.75) is 19.4 Å². The summed E-state index contributed by atoms with van der Waals surface area (Å²) in [6.07, 6.45) is 1.95. The summed E-state index contributed by atoms with van der Waals surface area (Å²) in [5.74, 6) is -0.0267. The summed E-state index contributed by atoms with van der Waals surface area (Å²) in [4.78, 5) is 32.8. The fraction of sp³-hybridized carbons (Fsp3) is 0.562. The highest BCUT2D eigenvalue weighted by Gasteiger charge is 2.41. The van der Waals surface area contributed by atoms with Gasteiger partial charge in [-0.25, -0.2) is 4.98 Å². The molecule has 7 nitrogen and oxygen atoms in total. The van der Waals surface area contributed by atoms with Crippen LogP contribution in [0.3, 0.4) is 0 Å². The SMILES string of the molecule is COc1ncc(C)cc1NC(=O)C1CC(=O)N(C2CN(C)C2)C1. The largest absolute Gasteiger partial charge is 0.480 e. The van der Waals surface area contributed by atoms with E-state index >= 15 is 0 Å². The van der Waals surface area contributed by atoms with E-state index in [1.807, 2.05) is 24.9 Å². The molecule has 124 valence electrons. The lowest BCUT2D eigenvalue weighted by Gasteiger charge is -2.42. The lowest BCUT2D eigenvalue weighted by atomic mass is 10.1. The minimum absolute atomic E-state index is 0.0672. The molecule has 2 amide bonds. The number of methoxy groups -OCH3 is 1. The van der Waals surface area contributed by atoms with Crippen LogP contribution in [0.2, 0.25) is 0 Å². The van der Waals surface area contributed by atoms with Crippen LogP contribution in [0.25, 0.3) is 0 Å². The van der Waals surface area contributed by atoms with E-state index in [2.05, 4.69) is 15.2 Å². The first-order valence-electron chi connectivity index (χ1n) is 7.77. The molecule has 0 aliphatic carbocycles. The number of hydrogen-bond acceptors (Lipinski definition) is 5. The number of likely N-dealkylation sites (tertiary alicyclic amines) is 2. The van der Waals surface area contributed by atoms with E-state index < -0.39 is 0 Å². The van der Waals surface area contributed by atoms with Gasteiger partial charge in [0.05, 0.1) is 19.1 Å². The molecule has 1 unspecified atom stereocenters. The third kappa shape index (κ3) is 3.14. The summed E-state index contributed by atoms with van der Waals surface area (Å²) in [6.45, 7) is 4.16. The van der Waals surface area contributed by atoms with Crippen molar-refractivity contribution in [3.63, 3.8) is 0 Å². The van der Waals surface area contributed by atoms with Crippen molar-refractivity contribution in [2.75, 3.05) is 39.1 Å². The van der Waals surface area contributed by atoms with Gasteiger partial charge in [0.1, 0.15) is 5.69 Å². The predicted molar refractivity (Wildman–Crippen MR) is 85.3 cm³/mol. The number of carbonyl (C=O) groups is 2. The van der Waals surface area contributed by atoms with E-state index in [1.54, 1.807) is 6.20 Å². The van der Waals surface area contributed by atoms with Crippen molar-refractivity contribution in [3.8, 4) is 5.88 Å². The van der Waals surface area contributed by atoms with E-state index in [0.29, 0.717) is 18.1 Å². The molecule has 1 atom stereocenters. The number of nitrogens with one attached hydrogen (secondary N) is 1. The quantitative estimate of drug-likeness (QED) is 0.875. The summed E-state index contributed by atoms with van der Waals surface area (Å²) in [5, 5.41) is 2.85. The number of amides is 2. The molecule has 2 fully saturated rings. The first-order valence-corrected chi connectivity index (χ1v) is 7.77. The Hall–Kier alpha value is -2.15. The van der Waals surface area contributed by atoms with Crippen molar-refractivity contribution in [3.05, 3.63) is 17.8 Å². The molecule has 0 saturated carbocycles. The van der Waals surface area contributed by atoms with Gasteiger partial charge in [-0.3, -0.25) is 9.59 Å². The fourth-order valence-corrected chi connectivity index (χ4v) is 3.17. The van der Waals surface area contributed by atoms with Crippen LogP contribution in [-0.2, 0) is 9.59 Å². The van der Waals surface area contributed by atoms with E-state index in [-0.39, 0.29) is 30.2 Å². The zero-order valence-corrected chi connectivity index (χ0v) is 13.7. The lowest BCUT2D eigenvalue weighted by Crippen LogP contribution is -2.58. The Morgan fingerprint density at radius 2 is 2.13 bits per heavy atom. The molecular weight excluding hydrogens is 296 g/mol. The molecule has 2 aliphatic heterocycles. The molecule has 2 saturated heterocycles. The second kappa shape index (κ2) is 6.16. The summed E-state index contributed by atoms with van der Waals surface area (Å²) < 4.78 is 5.17. The first-order chi connectivity index (χ1) is 11.0. The number of carbonyl (C=O) groups excluding carboxylic acids is 2. The molecule has 3 heterocycles. The standard InChI is InChI=1S/C16H22N4O3/c1-10-4-13(16(23-3)17-6-10)18-15(22)11-5-14(21)20(7-11)12-8-19(2)9-12/h4,6,11-12H,5,7-9H2,1-3H3,(H,18,22). The molecule has 3 rings (SSSR count). The van der Waals surface area contributed by atoms with Crippen molar-refractivity contribution in [1.29, 1.82) is 0 Å². The van der Waals surface area contributed by atoms with Gasteiger partial charge in [0, 0.05) is 32.3 Å². The minimum Gasteiger partial charge on any atom is -0.480 e. The average Bonchev–Trinajstić information content (AvgIpc) is 2.86. The summed E-state index contributed by atoms with van der Waals surface area (Å²) in [6, 6.07) is 2.07. The van der Waals surface area contributed by atoms with Gasteiger partial charge in [0.25, 0.3) is 0 Å². The maximum absolute atomic E-state index is 12.5. The number of aromatic nitrogens is 1. The Balaban J connectivity index is 1.65. The van der Waals surface area contributed by atoms with Gasteiger partial charge in [0.2, 0.25) is 17.7 Å². The Morgan fingerprint density at radius 3 is 2.78 bits per heavy atom. The Kier molecular flexibility index (Phi) is 4.21. The van der Waals surface area contributed by atoms with Gasteiger partial charge in [-0.1, -0.05) is 0 Å². The second-order valence-corrected chi connectivity index (χ2v) is 6.38. The van der Waals surface area contributed by atoms with E-state index in [1.165, 1.54) is 7.11 Å². The summed E-state index contributed by atoms with van der Waals surface area (Å²) in [5.41, 5.74) is 1.48. The van der Waals surface area contributed by atoms with Crippen molar-refractivity contribution in [2.24, 2.45) is 5.92 Å². The molecule has 0 radical (unpaired) electrons. The number of hydrogen-bond donors (Lipinski definition) is 1. The number of pyridine rings is 1. The zero-order valence-electron chi connectivity index (χ0n) is 13.7. The van der Waals surface area contributed by atoms with Crippen LogP contribution in [0.5, 0.6) is 5.88 Å². The molecule has 0 aromatic carbocycles. The van der Waals surface area contributed by atoms with E-state index in [9.17, 15) is 9.59 Å². The molecule has 1 N–H and O–H groups in total. The highest BCUT2D eigenvalue weighted by molar-refractivity contribution is 5.98. The highest BCUT2D eigenvalue weighted by Crippen LogP contribution is 2.27. The van der Waals surface area contributed by atoms with Crippen LogP contribution in [0.1, 0.15) is 12.0 Å². The van der Waals surface area contributed by atoms with Gasteiger partial charge in [-0.2, -0.15) is 0 Å². The molecule has 23 heavy (non-hydrogen) atoms. The maximum atomic E-state index is 12.5. The maximum Gasteiger partial charge on any atom is 0.237 e. The predicted octanol–water partition coefficient (Wildman–Crippen LogP) is 0.500. The minimum atomic E-state index is -0.321. The first kappa shape index (κ1) is 15.7. The van der Waals surface area contributed by atoms with E-state index in [4.69, 9.17) is 4.74 Å². The lowest BCUT2D eigenvalue weighted by molar-refractivity contribution is -0.132. The van der Waals surface area contributed by atoms with Gasteiger partial charge in [-0.05, 0) is 25.6 Å². The molecular formula is C16H22N4O3. The third-order valence-electron chi connectivity index (χ3n) is 4.45. The Bertz CT molecular complexity index is 628. The molecule has 2 aliphatic rings. The number of likely N-dealkylation sites (N-methyl/N-ethyl adjacent to an activating group) is 1. The average molecular weight is 318 g/mol. The number of nitrogens with zero attached hydrogens (tertiary/aromatic N) is 3. The summed E-state index contributed by atoms with van der Waals surface area (Å²) >= 11 is 0. The molecule has 1 aromatic heterocycles. The molecule has 0 bridgehead atoms. The number of aryl methyl sites for hydroxylation is 1. The van der Waals surface area contributed by atoms with Crippen molar-refractivity contribution < 1.29 is 14.3 Å². The van der Waals surface area contributed by atoms with Gasteiger partial charge in [-0.15, -0.1) is 0 Å². The summed E-state index contributed by atoms with van der Waals surface area (Å²) in [7, 11) is 3.54. The molecule has 7 heteroatoms. The number of ether oxygens (including phenoxy) is 1. The van der Waals surface area contributed by atoms with Crippen LogP contribution in [-0.4, -0.2) is 66.4 Å². The van der Waals surface area contributed by atoms with Crippen LogP contribution in [0, 0.1) is 12.8 Å². The fourth-order valence-electron chi connectivity index (χ4n) is 3.17. The molecule has 0 spiro atoms. The van der Waals surface area contributed by atoms with Crippen LogP contribution < -0.4 is 10.1 Å². The third-order valence-corrected chi connectivity index (χ3v) is 4.45. The molecule has 1 aromatic rings. The number of anilines is 1. The zero-order chi connectivity index (χ0) is 16.6. The number of rotatable bonds is 4. The Morgan fingerprint density at radius 1 is 1.39 bits per heavy atom. The normalized spacial score (nSPS) is 22.1. The van der Waals surface area contributed by atoms with Crippen LogP contribution >= 0.6 is 0 Å². The van der Waals surface area contributed by atoms with Crippen LogP contribution in [0.4, 0.5) is 5.69 Å². The van der Waals surface area contributed by atoms with Gasteiger partial charge in [0.15, 0.2) is 0 Å². The van der Waals surface area contributed by atoms with Crippen molar-refractivity contribution >= 4 is 17.5 Å². The Labute approximate surface area is 135 Å².